The molecule has 136 valence electrons. The molecule has 2 aromatic rings. The van der Waals surface area contributed by atoms with Gasteiger partial charge in [0.05, 0.1) is 11.6 Å². The highest BCUT2D eigenvalue weighted by Crippen LogP contribution is 2.27. The molecule has 0 heterocycles. The van der Waals surface area contributed by atoms with E-state index in [4.69, 9.17) is 16.3 Å². The number of amides is 1. The van der Waals surface area contributed by atoms with Gasteiger partial charge in [0.1, 0.15) is 12.4 Å². The van der Waals surface area contributed by atoms with Crippen molar-refractivity contribution >= 4 is 17.7 Å². The second-order valence-corrected chi connectivity index (χ2v) is 5.31. The Hall–Kier alpha value is -2.85. The SMILES string of the molecule is O=C(NCC#Cc1ccc(OC(F)(F)F)cc1Cl)OCc1ccccc1. The number of hydrogen-bond acceptors (Lipinski definition) is 3. The minimum Gasteiger partial charge on any atom is -0.445 e. The lowest BCUT2D eigenvalue weighted by molar-refractivity contribution is -0.274. The molecular formula is C18H13ClF3NO3. The molecule has 26 heavy (non-hydrogen) atoms. The molecule has 0 unspecified atom stereocenters. The Morgan fingerprint density at radius 1 is 1.15 bits per heavy atom. The Bertz CT molecular complexity index is 814. The average Bonchev–Trinajstić information content (AvgIpc) is 2.58. The fourth-order valence-corrected chi connectivity index (χ4v) is 2.04. The summed E-state index contributed by atoms with van der Waals surface area (Å²) in [6, 6.07) is 12.6. The number of halogens is 4. The quantitative estimate of drug-likeness (QED) is 0.790. The highest BCUT2D eigenvalue weighted by molar-refractivity contribution is 6.31. The Labute approximate surface area is 152 Å². The van der Waals surface area contributed by atoms with Crippen LogP contribution in [0.2, 0.25) is 5.02 Å². The van der Waals surface area contributed by atoms with Crippen LogP contribution >= 0.6 is 11.6 Å². The maximum absolute atomic E-state index is 12.1. The third kappa shape index (κ3) is 6.95. The van der Waals surface area contributed by atoms with E-state index in [2.05, 4.69) is 21.9 Å². The van der Waals surface area contributed by atoms with E-state index >= 15 is 0 Å². The third-order valence-electron chi connectivity index (χ3n) is 2.93. The minimum atomic E-state index is -4.79. The fraction of sp³-hybridized carbons (Fsp3) is 0.167. The van der Waals surface area contributed by atoms with E-state index in [1.807, 2.05) is 30.3 Å². The highest BCUT2D eigenvalue weighted by Gasteiger charge is 2.31. The van der Waals surface area contributed by atoms with Crippen LogP contribution in [0, 0.1) is 11.8 Å². The van der Waals surface area contributed by atoms with E-state index in [0.29, 0.717) is 5.56 Å². The van der Waals surface area contributed by atoms with E-state index in [0.717, 1.165) is 17.7 Å². The topological polar surface area (TPSA) is 47.6 Å². The van der Waals surface area contributed by atoms with Crippen LogP contribution in [0.25, 0.3) is 0 Å². The Morgan fingerprint density at radius 3 is 2.54 bits per heavy atom. The van der Waals surface area contributed by atoms with Crippen molar-refractivity contribution in [2.24, 2.45) is 0 Å². The second kappa shape index (κ2) is 9.02. The predicted octanol–water partition coefficient (Wildman–Crippen LogP) is 4.52. The van der Waals surface area contributed by atoms with Crippen LogP contribution in [0.4, 0.5) is 18.0 Å². The number of ether oxygens (including phenoxy) is 2. The van der Waals surface area contributed by atoms with Gasteiger partial charge in [-0.15, -0.1) is 13.2 Å². The molecule has 0 aliphatic carbocycles. The van der Waals surface area contributed by atoms with Gasteiger partial charge in [0.25, 0.3) is 0 Å². The van der Waals surface area contributed by atoms with Gasteiger partial charge in [-0.05, 0) is 17.7 Å². The number of carbonyl (C=O) groups excluding carboxylic acids is 1. The van der Waals surface area contributed by atoms with Crippen molar-refractivity contribution in [1.29, 1.82) is 0 Å². The zero-order chi connectivity index (χ0) is 19.0. The largest absolute Gasteiger partial charge is 0.573 e. The molecule has 0 saturated heterocycles. The highest BCUT2D eigenvalue weighted by atomic mass is 35.5. The number of carbonyl (C=O) groups is 1. The molecule has 2 rings (SSSR count). The van der Waals surface area contributed by atoms with E-state index in [1.165, 1.54) is 6.07 Å². The number of nitrogens with one attached hydrogen (secondary N) is 1. The van der Waals surface area contributed by atoms with Crippen molar-refractivity contribution in [3.05, 3.63) is 64.7 Å². The van der Waals surface area contributed by atoms with Gasteiger partial charge in [0.15, 0.2) is 0 Å². The van der Waals surface area contributed by atoms with E-state index < -0.39 is 18.2 Å². The van der Waals surface area contributed by atoms with Crippen LogP contribution in [0.5, 0.6) is 5.75 Å². The Morgan fingerprint density at radius 2 is 1.88 bits per heavy atom. The minimum absolute atomic E-state index is 0.00547. The van der Waals surface area contributed by atoms with E-state index in [9.17, 15) is 18.0 Å². The molecule has 0 aliphatic heterocycles. The van der Waals surface area contributed by atoms with Crippen LogP contribution in [-0.4, -0.2) is 19.0 Å². The molecule has 1 amide bonds. The zero-order valence-corrected chi connectivity index (χ0v) is 14.0. The lowest BCUT2D eigenvalue weighted by atomic mass is 10.2. The molecular weight excluding hydrogens is 371 g/mol. The summed E-state index contributed by atoms with van der Waals surface area (Å²) in [5, 5.41) is 2.44. The molecule has 8 heteroatoms. The van der Waals surface area contributed by atoms with Gasteiger partial charge in [-0.3, -0.25) is 0 Å². The first-order valence-electron chi connectivity index (χ1n) is 7.32. The first-order valence-corrected chi connectivity index (χ1v) is 7.70. The van der Waals surface area contributed by atoms with Crippen LogP contribution in [-0.2, 0) is 11.3 Å². The van der Waals surface area contributed by atoms with Crippen molar-refractivity contribution in [3.63, 3.8) is 0 Å². The summed E-state index contributed by atoms with van der Waals surface area (Å²) >= 11 is 5.86. The van der Waals surface area contributed by atoms with E-state index in [1.54, 1.807) is 0 Å². The summed E-state index contributed by atoms with van der Waals surface area (Å²) < 4.78 is 45.1. The molecule has 0 bridgehead atoms. The van der Waals surface area contributed by atoms with Crippen molar-refractivity contribution in [3.8, 4) is 17.6 Å². The van der Waals surface area contributed by atoms with Gasteiger partial charge in [0.2, 0.25) is 0 Å². The molecule has 0 saturated carbocycles. The van der Waals surface area contributed by atoms with Crippen LogP contribution < -0.4 is 10.1 Å². The summed E-state index contributed by atoms with van der Waals surface area (Å²) in [5.41, 5.74) is 1.15. The van der Waals surface area contributed by atoms with Crippen LogP contribution in [0.15, 0.2) is 48.5 Å². The smallest absolute Gasteiger partial charge is 0.445 e. The van der Waals surface area contributed by atoms with Gasteiger partial charge in [0, 0.05) is 11.6 Å². The van der Waals surface area contributed by atoms with Crippen LogP contribution in [0.3, 0.4) is 0 Å². The lowest BCUT2D eigenvalue weighted by Gasteiger charge is -2.09. The van der Waals surface area contributed by atoms with Crippen LogP contribution in [0.1, 0.15) is 11.1 Å². The maximum Gasteiger partial charge on any atom is 0.573 e. The lowest BCUT2D eigenvalue weighted by Crippen LogP contribution is -2.24. The van der Waals surface area contributed by atoms with Gasteiger partial charge in [-0.2, -0.15) is 0 Å². The molecule has 4 nitrogen and oxygen atoms in total. The number of rotatable bonds is 4. The molecule has 0 aliphatic rings. The molecule has 0 atom stereocenters. The molecule has 0 fully saturated rings. The number of alkyl carbamates (subject to hydrolysis) is 1. The summed E-state index contributed by atoms with van der Waals surface area (Å²) in [4.78, 5) is 11.5. The van der Waals surface area contributed by atoms with Gasteiger partial charge >= 0.3 is 12.5 Å². The zero-order valence-electron chi connectivity index (χ0n) is 13.3. The summed E-state index contributed by atoms with van der Waals surface area (Å²) in [5.74, 6) is 4.84. The standard InChI is InChI=1S/C18H13ClF3NO3/c19-16-11-15(26-18(20,21)22)9-8-14(16)7-4-10-23-17(24)25-12-13-5-2-1-3-6-13/h1-3,5-6,8-9,11H,10,12H2,(H,23,24). The van der Waals surface area contributed by atoms with Gasteiger partial charge < -0.3 is 14.8 Å². The van der Waals surface area contributed by atoms with Crippen molar-refractivity contribution in [1.82, 2.24) is 5.32 Å². The summed E-state index contributed by atoms with van der Waals surface area (Å²) in [6.45, 7) is 0.122. The summed E-state index contributed by atoms with van der Waals surface area (Å²) in [7, 11) is 0. The first-order chi connectivity index (χ1) is 12.3. The Balaban J connectivity index is 1.81. The average molecular weight is 384 g/mol. The fourth-order valence-electron chi connectivity index (χ4n) is 1.82. The number of alkyl halides is 3. The van der Waals surface area contributed by atoms with Crippen molar-refractivity contribution < 1.29 is 27.4 Å². The molecule has 0 aromatic heterocycles. The Kier molecular flexibility index (Phi) is 6.75. The monoisotopic (exact) mass is 383 g/mol. The molecule has 0 spiro atoms. The third-order valence-corrected chi connectivity index (χ3v) is 3.24. The molecule has 0 radical (unpaired) electrons. The molecule has 2 aromatic carbocycles. The second-order valence-electron chi connectivity index (χ2n) is 4.91. The summed E-state index contributed by atoms with van der Waals surface area (Å²) in [6.07, 6.45) is -5.43. The first kappa shape index (κ1) is 19.5. The maximum atomic E-state index is 12.1. The van der Waals surface area contributed by atoms with Gasteiger partial charge in [-0.1, -0.05) is 53.8 Å². The number of hydrogen-bond donors (Lipinski definition) is 1. The molecule has 1 N–H and O–H groups in total. The normalized spacial score (nSPS) is 10.5. The van der Waals surface area contributed by atoms with Crippen molar-refractivity contribution in [2.75, 3.05) is 6.54 Å². The van der Waals surface area contributed by atoms with Crippen molar-refractivity contribution in [2.45, 2.75) is 13.0 Å². The van der Waals surface area contributed by atoms with Gasteiger partial charge in [-0.25, -0.2) is 4.79 Å². The number of benzene rings is 2. The van der Waals surface area contributed by atoms with E-state index in [-0.39, 0.29) is 18.2 Å². The predicted molar refractivity (Wildman–Crippen MR) is 89.6 cm³/mol.